The van der Waals surface area contributed by atoms with E-state index in [9.17, 15) is 4.79 Å². The van der Waals surface area contributed by atoms with Gasteiger partial charge in [0.15, 0.2) is 5.78 Å². The molecule has 0 atom stereocenters. The van der Waals surface area contributed by atoms with Gasteiger partial charge in [-0.1, -0.05) is 30.3 Å². The highest BCUT2D eigenvalue weighted by atomic mass is 32.1. The molecule has 0 saturated heterocycles. The molecule has 0 bridgehead atoms. The largest absolute Gasteiger partial charge is 0.382 e. The first-order valence-electron chi connectivity index (χ1n) is 6.38. The van der Waals surface area contributed by atoms with Crippen molar-refractivity contribution < 1.29 is 14.3 Å². The number of hydrogen-bond acceptors (Lipinski definition) is 5. The number of thiazole rings is 1. The van der Waals surface area contributed by atoms with Crippen LogP contribution in [0.4, 0.5) is 0 Å². The zero-order valence-electron chi connectivity index (χ0n) is 11.4. The number of Topliss-reactive ketones (excluding diaryl/α,β-unsaturated/α-hetero) is 1. The third-order valence-electron chi connectivity index (χ3n) is 2.66. The number of ketones is 1. The number of methoxy groups -OCH3 is 1. The summed E-state index contributed by atoms with van der Waals surface area (Å²) < 4.78 is 10.0. The molecule has 1 aromatic carbocycles. The molecule has 0 radical (unpaired) electrons. The van der Waals surface area contributed by atoms with Crippen molar-refractivity contribution in [2.24, 2.45) is 0 Å². The van der Waals surface area contributed by atoms with Crippen LogP contribution in [0.5, 0.6) is 0 Å². The van der Waals surface area contributed by atoms with Gasteiger partial charge in [0.05, 0.1) is 25.3 Å². The van der Waals surface area contributed by atoms with E-state index >= 15 is 0 Å². The van der Waals surface area contributed by atoms with E-state index in [0.29, 0.717) is 19.6 Å². The lowest BCUT2D eigenvalue weighted by atomic mass is 10.2. The monoisotopic (exact) mass is 291 g/mol. The fourth-order valence-corrected chi connectivity index (χ4v) is 2.51. The highest BCUT2D eigenvalue weighted by molar-refractivity contribution is 7.10. The average Bonchev–Trinajstić information content (AvgIpc) is 2.93. The number of rotatable bonds is 8. The van der Waals surface area contributed by atoms with E-state index in [2.05, 4.69) is 4.98 Å². The van der Waals surface area contributed by atoms with E-state index < -0.39 is 0 Å². The van der Waals surface area contributed by atoms with Crippen LogP contribution < -0.4 is 0 Å². The number of ether oxygens (including phenoxy) is 2. The lowest BCUT2D eigenvalue weighted by Crippen LogP contribution is -2.13. The van der Waals surface area contributed by atoms with E-state index in [-0.39, 0.29) is 12.4 Å². The van der Waals surface area contributed by atoms with E-state index in [1.54, 1.807) is 7.11 Å². The molecule has 2 aromatic rings. The van der Waals surface area contributed by atoms with Gasteiger partial charge < -0.3 is 9.47 Å². The second-order valence-corrected chi connectivity index (χ2v) is 5.20. The molecule has 0 N–H and O–H groups in total. The molecule has 4 nitrogen and oxygen atoms in total. The van der Waals surface area contributed by atoms with Crippen molar-refractivity contribution in [1.82, 2.24) is 4.98 Å². The van der Waals surface area contributed by atoms with Gasteiger partial charge in [-0.05, 0) is 0 Å². The van der Waals surface area contributed by atoms with Crippen LogP contribution >= 0.6 is 11.3 Å². The molecule has 2 rings (SSSR count). The molecule has 0 aliphatic heterocycles. The maximum Gasteiger partial charge on any atom is 0.165 e. The molecule has 5 heteroatoms. The second kappa shape index (κ2) is 7.89. The van der Waals surface area contributed by atoms with Gasteiger partial charge in [0.25, 0.3) is 0 Å². The quantitative estimate of drug-likeness (QED) is 0.701. The molecule has 0 unspecified atom stereocenters. The van der Waals surface area contributed by atoms with Crippen molar-refractivity contribution in [3.8, 4) is 11.3 Å². The van der Waals surface area contributed by atoms with E-state index in [1.807, 2.05) is 35.7 Å². The van der Waals surface area contributed by atoms with E-state index in [1.165, 1.54) is 11.3 Å². The number of aromatic nitrogens is 1. The fourth-order valence-electron chi connectivity index (χ4n) is 1.68. The normalized spacial score (nSPS) is 10.7. The summed E-state index contributed by atoms with van der Waals surface area (Å²) in [5, 5.41) is 2.80. The lowest BCUT2D eigenvalue weighted by Gasteiger charge is -2.01. The van der Waals surface area contributed by atoms with Crippen LogP contribution in [-0.4, -0.2) is 37.7 Å². The first-order chi connectivity index (χ1) is 9.79. The van der Waals surface area contributed by atoms with Crippen molar-refractivity contribution >= 4 is 17.1 Å². The summed E-state index contributed by atoms with van der Waals surface area (Å²) in [6.07, 6.45) is 0.324. The molecule has 0 amide bonds. The van der Waals surface area contributed by atoms with Crippen LogP contribution in [0.3, 0.4) is 0 Å². The van der Waals surface area contributed by atoms with Gasteiger partial charge in [0.2, 0.25) is 0 Å². The first kappa shape index (κ1) is 14.8. The number of nitrogens with zero attached hydrogens (tertiary/aromatic N) is 1. The Morgan fingerprint density at radius 3 is 2.80 bits per heavy atom. The number of carbonyl (C=O) groups is 1. The van der Waals surface area contributed by atoms with Crippen LogP contribution in [0.2, 0.25) is 0 Å². The highest BCUT2D eigenvalue weighted by Crippen LogP contribution is 2.21. The van der Waals surface area contributed by atoms with Crippen molar-refractivity contribution in [3.63, 3.8) is 0 Å². The zero-order chi connectivity index (χ0) is 14.2. The molecule has 1 heterocycles. The smallest absolute Gasteiger partial charge is 0.165 e. The van der Waals surface area contributed by atoms with Crippen LogP contribution in [0.1, 0.15) is 5.01 Å². The van der Waals surface area contributed by atoms with E-state index in [0.717, 1.165) is 16.3 Å². The Hall–Kier alpha value is -1.56. The van der Waals surface area contributed by atoms with Gasteiger partial charge in [-0.25, -0.2) is 4.98 Å². The van der Waals surface area contributed by atoms with Crippen LogP contribution in [-0.2, 0) is 20.7 Å². The maximum absolute atomic E-state index is 11.7. The highest BCUT2D eigenvalue weighted by Gasteiger charge is 2.09. The van der Waals surface area contributed by atoms with Crippen molar-refractivity contribution in [1.29, 1.82) is 0 Å². The Morgan fingerprint density at radius 2 is 2.05 bits per heavy atom. The predicted octanol–water partition coefficient (Wildman–Crippen LogP) is 2.58. The summed E-state index contributed by atoms with van der Waals surface area (Å²) in [4.78, 5) is 16.2. The van der Waals surface area contributed by atoms with Crippen LogP contribution in [0, 0.1) is 0 Å². The topological polar surface area (TPSA) is 48.4 Å². The van der Waals surface area contributed by atoms with Gasteiger partial charge in [0, 0.05) is 18.1 Å². The van der Waals surface area contributed by atoms with Crippen molar-refractivity contribution in [2.45, 2.75) is 6.42 Å². The molecule has 0 saturated carbocycles. The minimum absolute atomic E-state index is 0.0371. The number of hydrogen-bond donors (Lipinski definition) is 0. The Balaban J connectivity index is 1.85. The first-order valence-corrected chi connectivity index (χ1v) is 7.26. The standard InChI is InChI=1S/C15H17NO3S/c1-18-7-8-19-10-13(17)9-15-16-14(11-20-15)12-5-3-2-4-6-12/h2-6,11H,7-10H2,1H3. The molecule has 0 aliphatic carbocycles. The summed E-state index contributed by atoms with van der Waals surface area (Å²) in [7, 11) is 1.60. The van der Waals surface area contributed by atoms with Gasteiger partial charge in [0.1, 0.15) is 11.6 Å². The second-order valence-electron chi connectivity index (χ2n) is 4.25. The molecule has 20 heavy (non-hydrogen) atoms. The van der Waals surface area contributed by atoms with E-state index in [4.69, 9.17) is 9.47 Å². The molecular formula is C15H17NO3S. The third kappa shape index (κ3) is 4.52. The summed E-state index contributed by atoms with van der Waals surface area (Å²) in [6, 6.07) is 9.94. The molecule has 0 spiro atoms. The average molecular weight is 291 g/mol. The Labute approximate surface area is 122 Å². The summed E-state index contributed by atoms with van der Waals surface area (Å²) >= 11 is 1.50. The van der Waals surface area contributed by atoms with Crippen molar-refractivity contribution in [2.75, 3.05) is 26.9 Å². The zero-order valence-corrected chi connectivity index (χ0v) is 12.2. The summed E-state index contributed by atoms with van der Waals surface area (Å²) in [6.45, 7) is 1.06. The number of benzene rings is 1. The third-order valence-corrected chi connectivity index (χ3v) is 3.51. The molecule has 106 valence electrons. The lowest BCUT2D eigenvalue weighted by molar-refractivity contribution is -0.123. The fraction of sp³-hybridized carbons (Fsp3) is 0.333. The summed E-state index contributed by atoms with van der Waals surface area (Å²) in [5.74, 6) is 0.0371. The Bertz CT molecular complexity index is 539. The maximum atomic E-state index is 11.7. The van der Waals surface area contributed by atoms with Gasteiger partial charge in [-0.15, -0.1) is 11.3 Å². The molecular weight excluding hydrogens is 274 g/mol. The van der Waals surface area contributed by atoms with Crippen LogP contribution in [0.15, 0.2) is 35.7 Å². The van der Waals surface area contributed by atoms with Gasteiger partial charge in [-0.2, -0.15) is 0 Å². The van der Waals surface area contributed by atoms with Crippen LogP contribution in [0.25, 0.3) is 11.3 Å². The molecule has 1 aromatic heterocycles. The minimum Gasteiger partial charge on any atom is -0.382 e. The Kier molecular flexibility index (Phi) is 5.86. The van der Waals surface area contributed by atoms with Gasteiger partial charge in [-0.3, -0.25) is 4.79 Å². The predicted molar refractivity (Wildman–Crippen MR) is 79.0 cm³/mol. The van der Waals surface area contributed by atoms with Gasteiger partial charge >= 0.3 is 0 Å². The SMILES string of the molecule is COCCOCC(=O)Cc1nc(-c2ccccc2)cs1. The Morgan fingerprint density at radius 1 is 1.25 bits per heavy atom. The number of carbonyl (C=O) groups excluding carboxylic acids is 1. The molecule has 0 fully saturated rings. The molecule has 0 aliphatic rings. The summed E-state index contributed by atoms with van der Waals surface area (Å²) in [5.41, 5.74) is 1.98. The minimum atomic E-state index is 0.0371. The van der Waals surface area contributed by atoms with Crippen molar-refractivity contribution in [3.05, 3.63) is 40.7 Å².